The van der Waals surface area contributed by atoms with Crippen LogP contribution in [0.25, 0.3) is 0 Å². The lowest BCUT2D eigenvalue weighted by Gasteiger charge is -2.03. The number of nitro groups is 1. The monoisotopic (exact) mass is 217 g/mol. The summed E-state index contributed by atoms with van der Waals surface area (Å²) in [5.41, 5.74) is -2.64. The molecule has 1 N–H and O–H groups in total. The van der Waals surface area contributed by atoms with Gasteiger partial charge in [0, 0.05) is 6.07 Å². The van der Waals surface area contributed by atoms with Crippen LogP contribution in [-0.4, -0.2) is 16.0 Å². The van der Waals surface area contributed by atoms with Gasteiger partial charge in [-0.3, -0.25) is 10.1 Å². The largest absolute Gasteiger partial charge is 0.477 e. The molecule has 1 rings (SSSR count). The van der Waals surface area contributed by atoms with E-state index in [9.17, 15) is 23.7 Å². The quantitative estimate of drug-likeness (QED) is 0.605. The summed E-state index contributed by atoms with van der Waals surface area (Å²) < 4.78 is 26.3. The number of aryl methyl sites for hydroxylation is 1. The summed E-state index contributed by atoms with van der Waals surface area (Å²) in [6, 6.07) is 0.650. The number of carboxylic acid groups (broad SMARTS) is 1. The lowest BCUT2D eigenvalue weighted by atomic mass is 10.1. The first-order chi connectivity index (χ1) is 6.86. The SMILES string of the molecule is Cc1cc([N+](=O)[O-])c(F)c(C(=O)O)c1F. The van der Waals surface area contributed by atoms with E-state index in [1.54, 1.807) is 0 Å². The molecule has 0 radical (unpaired) electrons. The number of hydrogen-bond acceptors (Lipinski definition) is 3. The van der Waals surface area contributed by atoms with Crippen molar-refractivity contribution in [1.29, 1.82) is 0 Å². The van der Waals surface area contributed by atoms with E-state index in [2.05, 4.69) is 0 Å². The number of rotatable bonds is 2. The van der Waals surface area contributed by atoms with Crippen molar-refractivity contribution in [2.24, 2.45) is 0 Å². The van der Waals surface area contributed by atoms with E-state index >= 15 is 0 Å². The zero-order valence-electron chi connectivity index (χ0n) is 7.45. The first-order valence-electron chi connectivity index (χ1n) is 3.72. The zero-order chi connectivity index (χ0) is 11.7. The van der Waals surface area contributed by atoms with Crippen molar-refractivity contribution in [2.45, 2.75) is 6.92 Å². The van der Waals surface area contributed by atoms with E-state index in [1.165, 1.54) is 0 Å². The Morgan fingerprint density at radius 1 is 1.47 bits per heavy atom. The molecule has 0 bridgehead atoms. The van der Waals surface area contributed by atoms with Crippen LogP contribution in [0.1, 0.15) is 15.9 Å². The van der Waals surface area contributed by atoms with Crippen molar-refractivity contribution in [3.8, 4) is 0 Å². The maximum Gasteiger partial charge on any atom is 0.341 e. The Kier molecular flexibility index (Phi) is 2.65. The van der Waals surface area contributed by atoms with E-state index < -0.39 is 33.8 Å². The molecule has 0 atom stereocenters. The number of benzene rings is 1. The van der Waals surface area contributed by atoms with E-state index in [-0.39, 0.29) is 5.56 Å². The average Bonchev–Trinajstić information content (AvgIpc) is 2.10. The number of hydrogen-bond donors (Lipinski definition) is 1. The van der Waals surface area contributed by atoms with Crippen molar-refractivity contribution < 1.29 is 23.6 Å². The van der Waals surface area contributed by atoms with Crippen LogP contribution in [0.3, 0.4) is 0 Å². The van der Waals surface area contributed by atoms with Crippen LogP contribution in [0.2, 0.25) is 0 Å². The number of carboxylic acids is 1. The molecule has 0 spiro atoms. The van der Waals surface area contributed by atoms with Crippen LogP contribution in [0, 0.1) is 28.7 Å². The van der Waals surface area contributed by atoms with Crippen LogP contribution in [0.4, 0.5) is 14.5 Å². The topological polar surface area (TPSA) is 80.4 Å². The first kappa shape index (κ1) is 11.0. The number of halogens is 2. The Bertz CT molecular complexity index is 458. The maximum absolute atomic E-state index is 13.2. The van der Waals surface area contributed by atoms with Crippen molar-refractivity contribution in [3.05, 3.63) is 38.9 Å². The molecule has 5 nitrogen and oxygen atoms in total. The molecule has 0 heterocycles. The molecular weight excluding hydrogens is 212 g/mol. The second-order valence-corrected chi connectivity index (χ2v) is 2.78. The lowest BCUT2D eigenvalue weighted by Crippen LogP contribution is -2.09. The van der Waals surface area contributed by atoms with E-state index in [0.29, 0.717) is 6.07 Å². The van der Waals surface area contributed by atoms with Gasteiger partial charge < -0.3 is 5.11 Å². The van der Waals surface area contributed by atoms with E-state index in [4.69, 9.17) is 5.11 Å². The highest BCUT2D eigenvalue weighted by Crippen LogP contribution is 2.25. The molecular formula is C8H5F2NO4. The van der Waals surface area contributed by atoms with Gasteiger partial charge in [0.1, 0.15) is 11.4 Å². The Hall–Kier alpha value is -2.05. The summed E-state index contributed by atoms with van der Waals surface area (Å²) in [6.07, 6.45) is 0. The smallest absolute Gasteiger partial charge is 0.341 e. The fraction of sp³-hybridized carbons (Fsp3) is 0.125. The number of aromatic carboxylic acids is 1. The summed E-state index contributed by atoms with van der Waals surface area (Å²) in [7, 11) is 0. The molecule has 0 aliphatic rings. The summed E-state index contributed by atoms with van der Waals surface area (Å²) in [6.45, 7) is 1.12. The minimum atomic E-state index is -1.88. The highest BCUT2D eigenvalue weighted by molar-refractivity contribution is 5.89. The van der Waals surface area contributed by atoms with Gasteiger partial charge in [-0.25, -0.2) is 9.18 Å². The second-order valence-electron chi connectivity index (χ2n) is 2.78. The van der Waals surface area contributed by atoms with Gasteiger partial charge in [-0.15, -0.1) is 0 Å². The molecule has 0 aliphatic heterocycles. The predicted octanol–water partition coefficient (Wildman–Crippen LogP) is 1.88. The molecule has 0 aromatic heterocycles. The second kappa shape index (κ2) is 3.60. The van der Waals surface area contributed by atoms with Gasteiger partial charge in [0.2, 0.25) is 5.82 Å². The predicted molar refractivity (Wildman–Crippen MR) is 44.7 cm³/mol. The highest BCUT2D eigenvalue weighted by atomic mass is 19.1. The third-order valence-electron chi connectivity index (χ3n) is 1.77. The Morgan fingerprint density at radius 3 is 2.40 bits per heavy atom. The fourth-order valence-electron chi connectivity index (χ4n) is 1.07. The average molecular weight is 217 g/mol. The molecule has 7 heteroatoms. The summed E-state index contributed by atoms with van der Waals surface area (Å²) >= 11 is 0. The summed E-state index contributed by atoms with van der Waals surface area (Å²) in [5.74, 6) is -4.85. The minimum absolute atomic E-state index is 0.291. The molecule has 0 saturated carbocycles. The van der Waals surface area contributed by atoms with E-state index in [0.717, 1.165) is 6.92 Å². The van der Waals surface area contributed by atoms with Crippen LogP contribution in [0.15, 0.2) is 6.07 Å². The number of nitro benzene ring substituents is 1. The van der Waals surface area contributed by atoms with Crippen LogP contribution in [-0.2, 0) is 0 Å². The van der Waals surface area contributed by atoms with Crippen LogP contribution in [0.5, 0.6) is 0 Å². The molecule has 0 saturated heterocycles. The summed E-state index contributed by atoms with van der Waals surface area (Å²) in [5, 5.41) is 18.8. The molecule has 1 aromatic rings. The first-order valence-corrected chi connectivity index (χ1v) is 3.72. The molecule has 0 fully saturated rings. The number of nitrogens with zero attached hydrogens (tertiary/aromatic N) is 1. The Morgan fingerprint density at radius 2 is 2.00 bits per heavy atom. The van der Waals surface area contributed by atoms with Crippen molar-refractivity contribution >= 4 is 11.7 Å². The van der Waals surface area contributed by atoms with Gasteiger partial charge in [0.25, 0.3) is 0 Å². The molecule has 15 heavy (non-hydrogen) atoms. The van der Waals surface area contributed by atoms with Crippen LogP contribution < -0.4 is 0 Å². The van der Waals surface area contributed by atoms with Crippen LogP contribution >= 0.6 is 0 Å². The molecule has 0 aliphatic carbocycles. The number of carbonyl (C=O) groups is 1. The van der Waals surface area contributed by atoms with Gasteiger partial charge >= 0.3 is 11.7 Å². The Balaban J connectivity index is 3.63. The standard InChI is InChI=1S/C8H5F2NO4/c1-3-2-4(11(14)15)7(10)5(6(3)9)8(12)13/h2H,1H3,(H,12,13). The summed E-state index contributed by atoms with van der Waals surface area (Å²) in [4.78, 5) is 19.7. The fourth-order valence-corrected chi connectivity index (χ4v) is 1.07. The van der Waals surface area contributed by atoms with Gasteiger partial charge in [-0.1, -0.05) is 0 Å². The van der Waals surface area contributed by atoms with Crippen molar-refractivity contribution in [1.82, 2.24) is 0 Å². The minimum Gasteiger partial charge on any atom is -0.477 e. The van der Waals surface area contributed by atoms with Gasteiger partial charge in [0.15, 0.2) is 0 Å². The van der Waals surface area contributed by atoms with Crippen molar-refractivity contribution in [3.63, 3.8) is 0 Å². The maximum atomic E-state index is 13.2. The normalized spacial score (nSPS) is 10.1. The lowest BCUT2D eigenvalue weighted by molar-refractivity contribution is -0.387. The third-order valence-corrected chi connectivity index (χ3v) is 1.77. The zero-order valence-corrected chi connectivity index (χ0v) is 7.45. The Labute approximate surface area is 82.1 Å². The molecule has 0 unspecified atom stereocenters. The van der Waals surface area contributed by atoms with Gasteiger partial charge in [-0.05, 0) is 12.5 Å². The third kappa shape index (κ3) is 1.76. The molecule has 1 aromatic carbocycles. The van der Waals surface area contributed by atoms with Gasteiger partial charge in [0.05, 0.1) is 4.92 Å². The van der Waals surface area contributed by atoms with Gasteiger partial charge in [-0.2, -0.15) is 4.39 Å². The highest BCUT2D eigenvalue weighted by Gasteiger charge is 2.27. The molecule has 80 valence electrons. The van der Waals surface area contributed by atoms with E-state index in [1.807, 2.05) is 0 Å². The van der Waals surface area contributed by atoms with Crippen molar-refractivity contribution in [2.75, 3.05) is 0 Å². The molecule has 0 amide bonds.